The molecule has 1 aromatic carbocycles. The van der Waals surface area contributed by atoms with Crippen LogP contribution < -0.4 is 9.64 Å². The largest absolute Gasteiger partial charge is 0.477 e. The minimum absolute atomic E-state index is 0.634. The fourth-order valence-corrected chi connectivity index (χ4v) is 3.63. The molecule has 1 saturated heterocycles. The fourth-order valence-electron chi connectivity index (χ4n) is 3.63. The Labute approximate surface area is 164 Å². The van der Waals surface area contributed by atoms with E-state index in [1.807, 2.05) is 19.2 Å². The molecular weight excluding hydrogens is 334 g/mol. The Hall–Kier alpha value is -2.07. The van der Waals surface area contributed by atoms with E-state index < -0.39 is 0 Å². The lowest BCUT2D eigenvalue weighted by Gasteiger charge is -2.31. The van der Waals surface area contributed by atoms with Gasteiger partial charge in [-0.3, -0.25) is 4.90 Å². The van der Waals surface area contributed by atoms with Crippen LogP contribution in [0.25, 0.3) is 0 Å². The van der Waals surface area contributed by atoms with Gasteiger partial charge in [-0.25, -0.2) is 4.98 Å². The first-order valence-electron chi connectivity index (χ1n) is 10.2. The van der Waals surface area contributed by atoms with Crippen LogP contribution in [0.1, 0.15) is 37.3 Å². The Morgan fingerprint density at radius 1 is 1.11 bits per heavy atom. The van der Waals surface area contributed by atoms with E-state index in [4.69, 9.17) is 4.74 Å². The summed E-state index contributed by atoms with van der Waals surface area (Å²) >= 11 is 0. The molecule has 4 nitrogen and oxygen atoms in total. The van der Waals surface area contributed by atoms with E-state index >= 15 is 0 Å². The number of aryl methyl sites for hydroxylation is 1. The Morgan fingerprint density at radius 2 is 1.85 bits per heavy atom. The van der Waals surface area contributed by atoms with Gasteiger partial charge in [-0.15, -0.1) is 0 Å². The van der Waals surface area contributed by atoms with Gasteiger partial charge in [0.15, 0.2) is 0 Å². The van der Waals surface area contributed by atoms with Crippen LogP contribution in [0.5, 0.6) is 5.88 Å². The number of rotatable bonds is 8. The van der Waals surface area contributed by atoms with E-state index in [0.717, 1.165) is 38.7 Å². The first kappa shape index (κ1) is 19.7. The fraction of sp³-hybridized carbons (Fsp3) is 0.522. The maximum atomic E-state index is 5.88. The monoisotopic (exact) mass is 367 g/mol. The molecule has 27 heavy (non-hydrogen) atoms. The molecule has 0 amide bonds. The topological polar surface area (TPSA) is 28.6 Å². The Bertz CT molecular complexity index is 676. The smallest absolute Gasteiger partial charge is 0.213 e. The van der Waals surface area contributed by atoms with Crippen LogP contribution in [0.3, 0.4) is 0 Å². The highest BCUT2D eigenvalue weighted by Gasteiger charge is 2.20. The standard InChI is InChI=1S/C23H33N3O/c1-4-13-25(3)22-8-6-20(7-9-22)17-26-14-11-21(12-15-26)18-27-23-10-5-19(2)16-24-23/h5-10,16,21H,4,11-15,17-18H2,1-3H3. The highest BCUT2D eigenvalue weighted by atomic mass is 16.5. The molecule has 0 saturated carbocycles. The molecule has 1 aliphatic heterocycles. The average molecular weight is 368 g/mol. The van der Waals surface area contributed by atoms with Crippen molar-refractivity contribution in [2.24, 2.45) is 5.92 Å². The molecule has 2 aromatic rings. The van der Waals surface area contributed by atoms with Gasteiger partial charge >= 0.3 is 0 Å². The number of nitrogens with zero attached hydrogens (tertiary/aromatic N) is 3. The molecule has 146 valence electrons. The first-order chi connectivity index (χ1) is 13.1. The minimum Gasteiger partial charge on any atom is -0.477 e. The van der Waals surface area contributed by atoms with Gasteiger partial charge in [-0.2, -0.15) is 0 Å². The average Bonchev–Trinajstić information content (AvgIpc) is 2.69. The number of pyridine rings is 1. The van der Waals surface area contributed by atoms with Gasteiger partial charge in [0.1, 0.15) is 0 Å². The lowest BCUT2D eigenvalue weighted by Crippen LogP contribution is -2.35. The van der Waals surface area contributed by atoms with Crippen LogP contribution in [-0.4, -0.2) is 43.2 Å². The molecule has 0 spiro atoms. The predicted molar refractivity (Wildman–Crippen MR) is 112 cm³/mol. The third-order valence-electron chi connectivity index (χ3n) is 5.40. The van der Waals surface area contributed by atoms with Gasteiger partial charge in [0.25, 0.3) is 0 Å². The maximum Gasteiger partial charge on any atom is 0.213 e. The predicted octanol–water partition coefficient (Wildman–Crippen LogP) is 4.53. The van der Waals surface area contributed by atoms with Gasteiger partial charge in [0.05, 0.1) is 6.61 Å². The third kappa shape index (κ3) is 5.96. The van der Waals surface area contributed by atoms with Crippen molar-refractivity contribution in [3.8, 4) is 5.88 Å². The van der Waals surface area contributed by atoms with E-state index in [2.05, 4.69) is 59.1 Å². The van der Waals surface area contributed by atoms with Crippen molar-refractivity contribution in [2.75, 3.05) is 38.2 Å². The highest BCUT2D eigenvalue weighted by Crippen LogP contribution is 2.21. The summed E-state index contributed by atoms with van der Waals surface area (Å²) in [6.07, 6.45) is 5.44. The molecule has 1 aliphatic rings. The van der Waals surface area contributed by atoms with Gasteiger partial charge in [-0.1, -0.05) is 25.1 Å². The van der Waals surface area contributed by atoms with Crippen molar-refractivity contribution in [1.29, 1.82) is 0 Å². The second-order valence-electron chi connectivity index (χ2n) is 7.79. The van der Waals surface area contributed by atoms with Crippen LogP contribution in [0.2, 0.25) is 0 Å². The number of likely N-dealkylation sites (tertiary alicyclic amines) is 1. The Balaban J connectivity index is 1.40. The number of piperidine rings is 1. The summed E-state index contributed by atoms with van der Waals surface area (Å²) in [5, 5.41) is 0. The summed E-state index contributed by atoms with van der Waals surface area (Å²) in [4.78, 5) is 9.21. The van der Waals surface area contributed by atoms with E-state index in [1.54, 1.807) is 0 Å². The summed E-state index contributed by atoms with van der Waals surface area (Å²) in [7, 11) is 2.16. The second kappa shape index (κ2) is 9.75. The third-order valence-corrected chi connectivity index (χ3v) is 5.40. The molecule has 0 aliphatic carbocycles. The van der Waals surface area contributed by atoms with E-state index in [9.17, 15) is 0 Å². The number of hydrogen-bond acceptors (Lipinski definition) is 4. The number of hydrogen-bond donors (Lipinski definition) is 0. The molecule has 0 unspecified atom stereocenters. The molecular formula is C23H33N3O. The summed E-state index contributed by atoms with van der Waals surface area (Å²) in [5.74, 6) is 1.38. The molecule has 0 atom stereocenters. The van der Waals surface area contributed by atoms with Gasteiger partial charge < -0.3 is 9.64 Å². The zero-order chi connectivity index (χ0) is 19.1. The van der Waals surface area contributed by atoms with Crippen LogP contribution in [0, 0.1) is 12.8 Å². The summed E-state index contributed by atoms with van der Waals surface area (Å²) in [6.45, 7) is 9.49. The number of ether oxygens (including phenoxy) is 1. The summed E-state index contributed by atoms with van der Waals surface area (Å²) in [6, 6.07) is 13.1. The van der Waals surface area contributed by atoms with Crippen LogP contribution >= 0.6 is 0 Å². The lowest BCUT2D eigenvalue weighted by molar-refractivity contribution is 0.134. The van der Waals surface area contributed by atoms with Crippen molar-refractivity contribution in [2.45, 2.75) is 39.7 Å². The quantitative estimate of drug-likeness (QED) is 0.685. The number of aromatic nitrogens is 1. The van der Waals surface area contributed by atoms with Gasteiger partial charge in [-0.05, 0) is 68.5 Å². The summed E-state index contributed by atoms with van der Waals surface area (Å²) < 4.78 is 5.88. The molecule has 3 rings (SSSR count). The zero-order valence-corrected chi connectivity index (χ0v) is 17.0. The van der Waals surface area contributed by atoms with E-state index in [1.165, 1.54) is 36.1 Å². The second-order valence-corrected chi connectivity index (χ2v) is 7.79. The molecule has 2 heterocycles. The SMILES string of the molecule is CCCN(C)c1ccc(CN2CCC(COc3ccc(C)cn3)CC2)cc1. The van der Waals surface area contributed by atoms with Crippen molar-refractivity contribution in [3.05, 3.63) is 53.7 Å². The van der Waals surface area contributed by atoms with Crippen molar-refractivity contribution >= 4 is 5.69 Å². The molecule has 1 aromatic heterocycles. The maximum absolute atomic E-state index is 5.88. The molecule has 0 bridgehead atoms. The zero-order valence-electron chi connectivity index (χ0n) is 17.0. The van der Waals surface area contributed by atoms with Gasteiger partial charge in [0.2, 0.25) is 5.88 Å². The number of anilines is 1. The van der Waals surface area contributed by atoms with Crippen LogP contribution in [-0.2, 0) is 6.54 Å². The Kier molecular flexibility index (Phi) is 7.11. The van der Waals surface area contributed by atoms with Crippen molar-refractivity contribution in [3.63, 3.8) is 0 Å². The normalized spacial score (nSPS) is 15.7. The van der Waals surface area contributed by atoms with Gasteiger partial charge in [0, 0.05) is 38.1 Å². The first-order valence-corrected chi connectivity index (χ1v) is 10.2. The minimum atomic E-state index is 0.634. The molecule has 1 fully saturated rings. The van der Waals surface area contributed by atoms with Crippen molar-refractivity contribution < 1.29 is 4.74 Å². The Morgan fingerprint density at radius 3 is 2.48 bits per heavy atom. The molecule has 0 N–H and O–H groups in total. The summed E-state index contributed by atoms with van der Waals surface area (Å²) in [5.41, 5.74) is 3.88. The van der Waals surface area contributed by atoms with E-state index in [-0.39, 0.29) is 0 Å². The lowest BCUT2D eigenvalue weighted by atomic mass is 9.97. The van der Waals surface area contributed by atoms with Crippen LogP contribution in [0.4, 0.5) is 5.69 Å². The van der Waals surface area contributed by atoms with Crippen molar-refractivity contribution in [1.82, 2.24) is 9.88 Å². The highest BCUT2D eigenvalue weighted by molar-refractivity contribution is 5.46. The van der Waals surface area contributed by atoms with E-state index in [0.29, 0.717) is 5.92 Å². The molecule has 4 heteroatoms. The number of benzene rings is 1. The molecule has 0 radical (unpaired) electrons. The van der Waals surface area contributed by atoms with Crippen LogP contribution in [0.15, 0.2) is 42.6 Å².